The van der Waals surface area contributed by atoms with Crippen LogP contribution >= 0.6 is 34.4 Å². The van der Waals surface area contributed by atoms with Crippen LogP contribution in [0.1, 0.15) is 56.4 Å². The van der Waals surface area contributed by atoms with Gasteiger partial charge in [0.2, 0.25) is 11.0 Å². The largest absolute Gasteiger partial charge is 0.497 e. The van der Waals surface area contributed by atoms with Crippen LogP contribution in [0.4, 0.5) is 5.13 Å². The summed E-state index contributed by atoms with van der Waals surface area (Å²) >= 11 is 4.57. The molecule has 35 heavy (non-hydrogen) atoms. The molecule has 0 saturated heterocycles. The summed E-state index contributed by atoms with van der Waals surface area (Å²) in [7, 11) is 1.66. The minimum Gasteiger partial charge on any atom is -0.497 e. The van der Waals surface area contributed by atoms with E-state index in [1.807, 2.05) is 31.2 Å². The summed E-state index contributed by atoms with van der Waals surface area (Å²) in [5, 5.41) is 16.8. The Hall–Kier alpha value is -2.56. The summed E-state index contributed by atoms with van der Waals surface area (Å²) in [6, 6.07) is 7.96. The Morgan fingerprint density at radius 3 is 2.71 bits per heavy atom. The van der Waals surface area contributed by atoms with Crippen molar-refractivity contribution in [2.24, 2.45) is 0 Å². The second kappa shape index (κ2) is 11.0. The van der Waals surface area contributed by atoms with Crippen LogP contribution in [-0.2, 0) is 4.79 Å². The van der Waals surface area contributed by atoms with E-state index in [1.165, 1.54) is 42.4 Å². The zero-order valence-corrected chi connectivity index (χ0v) is 22.1. The minimum absolute atomic E-state index is 0.0724. The van der Waals surface area contributed by atoms with Crippen LogP contribution in [0.15, 0.2) is 41.0 Å². The molecule has 1 N–H and O–H groups in total. The Kier molecular flexibility index (Phi) is 7.60. The number of hydrogen-bond acceptors (Lipinski definition) is 9. The molecule has 5 rings (SSSR count). The molecule has 182 valence electrons. The number of carbonyl (C=O) groups is 1. The zero-order valence-electron chi connectivity index (χ0n) is 19.7. The number of nitrogens with one attached hydrogen (secondary N) is 1. The molecule has 0 bridgehead atoms. The Balaban J connectivity index is 1.35. The third kappa shape index (κ3) is 5.34. The molecule has 1 saturated carbocycles. The normalized spacial score (nSPS) is 15.3. The fourth-order valence-electron chi connectivity index (χ4n) is 4.36. The van der Waals surface area contributed by atoms with Crippen LogP contribution in [0.3, 0.4) is 0 Å². The van der Waals surface area contributed by atoms with E-state index in [1.54, 1.807) is 24.8 Å². The van der Waals surface area contributed by atoms with Crippen LogP contribution in [0.25, 0.3) is 21.3 Å². The van der Waals surface area contributed by atoms with Gasteiger partial charge in [0, 0.05) is 16.9 Å². The number of carbonyl (C=O) groups excluding carboxylic acids is 1. The molecule has 0 spiro atoms. The lowest BCUT2D eigenvalue weighted by atomic mass is 9.90. The highest BCUT2D eigenvalue weighted by Crippen LogP contribution is 2.40. The lowest BCUT2D eigenvalue weighted by Crippen LogP contribution is -2.24. The first-order chi connectivity index (χ1) is 17.2. The topological polar surface area (TPSA) is 89.9 Å². The van der Waals surface area contributed by atoms with E-state index in [9.17, 15) is 4.79 Å². The van der Waals surface area contributed by atoms with Gasteiger partial charge in [-0.3, -0.25) is 10.1 Å². The van der Waals surface area contributed by atoms with E-state index in [2.05, 4.69) is 30.9 Å². The molecule has 0 radical (unpaired) electrons. The van der Waals surface area contributed by atoms with Crippen molar-refractivity contribution in [2.45, 2.75) is 61.6 Å². The van der Waals surface area contributed by atoms with Crippen molar-refractivity contribution in [3.8, 4) is 16.9 Å². The van der Waals surface area contributed by atoms with Gasteiger partial charge in [-0.15, -0.1) is 21.5 Å². The van der Waals surface area contributed by atoms with Crippen molar-refractivity contribution in [1.82, 2.24) is 20.2 Å². The summed E-state index contributed by atoms with van der Waals surface area (Å²) in [5.74, 6) is 1.22. The smallest absolute Gasteiger partial charge is 0.239 e. The van der Waals surface area contributed by atoms with Gasteiger partial charge in [0.1, 0.15) is 26.9 Å². The number of benzene rings is 1. The standard InChI is InChI=1S/C25H27N5O2S3/c1-3-19(21(31)28-25-30-29-22(35-25)16-7-5-4-6-8-16)34-24-20-18(13-33-23(20)26-14-27-24)15-9-11-17(32-2)12-10-15/h9-14,16,19H,3-8H2,1-2H3,(H,28,30,31). The number of nitrogens with zero attached hydrogens (tertiary/aromatic N) is 4. The predicted molar refractivity (Wildman–Crippen MR) is 144 cm³/mol. The third-order valence-corrected chi connectivity index (χ3v) is 9.53. The number of rotatable bonds is 8. The molecule has 7 nitrogen and oxygen atoms in total. The Morgan fingerprint density at radius 2 is 1.97 bits per heavy atom. The number of amides is 1. The van der Waals surface area contributed by atoms with E-state index in [4.69, 9.17) is 4.74 Å². The summed E-state index contributed by atoms with van der Waals surface area (Å²) < 4.78 is 5.30. The van der Waals surface area contributed by atoms with Crippen molar-refractivity contribution in [3.63, 3.8) is 0 Å². The first-order valence-electron chi connectivity index (χ1n) is 11.8. The van der Waals surface area contributed by atoms with Gasteiger partial charge in [0.25, 0.3) is 0 Å². The van der Waals surface area contributed by atoms with Gasteiger partial charge in [0.15, 0.2) is 0 Å². The molecule has 1 atom stereocenters. The number of fused-ring (bicyclic) bond motifs is 1. The van der Waals surface area contributed by atoms with Gasteiger partial charge in [-0.1, -0.05) is 61.4 Å². The summed E-state index contributed by atoms with van der Waals surface area (Å²) in [6.07, 6.45) is 8.36. The van der Waals surface area contributed by atoms with Crippen molar-refractivity contribution in [3.05, 3.63) is 41.0 Å². The van der Waals surface area contributed by atoms with E-state index in [-0.39, 0.29) is 11.2 Å². The molecule has 3 heterocycles. The lowest BCUT2D eigenvalue weighted by molar-refractivity contribution is -0.115. The molecule has 1 fully saturated rings. The van der Waals surface area contributed by atoms with Crippen molar-refractivity contribution in [2.75, 3.05) is 12.4 Å². The molecule has 1 amide bonds. The predicted octanol–water partition coefficient (Wildman–Crippen LogP) is 6.78. The maximum Gasteiger partial charge on any atom is 0.239 e. The van der Waals surface area contributed by atoms with Crippen molar-refractivity contribution in [1.29, 1.82) is 0 Å². The van der Waals surface area contributed by atoms with Gasteiger partial charge >= 0.3 is 0 Å². The first kappa shape index (κ1) is 24.1. The van der Waals surface area contributed by atoms with Crippen LogP contribution < -0.4 is 10.1 Å². The summed E-state index contributed by atoms with van der Waals surface area (Å²) in [4.78, 5) is 23.1. The maximum atomic E-state index is 13.2. The lowest BCUT2D eigenvalue weighted by Gasteiger charge is -2.18. The van der Waals surface area contributed by atoms with E-state index in [0.29, 0.717) is 17.5 Å². The number of hydrogen-bond donors (Lipinski definition) is 1. The number of thiophene rings is 1. The van der Waals surface area contributed by atoms with Crippen LogP contribution in [0, 0.1) is 0 Å². The maximum absolute atomic E-state index is 13.2. The third-order valence-electron chi connectivity index (χ3n) is 6.28. The highest BCUT2D eigenvalue weighted by atomic mass is 32.2. The SMILES string of the molecule is CCC(Sc1ncnc2scc(-c3ccc(OC)cc3)c12)C(=O)Nc1nnc(C2CCCCC2)s1. The van der Waals surface area contributed by atoms with E-state index >= 15 is 0 Å². The number of ether oxygens (including phenoxy) is 1. The first-order valence-corrected chi connectivity index (χ1v) is 14.4. The Bertz CT molecular complexity index is 1300. The molecule has 1 aliphatic rings. The van der Waals surface area contributed by atoms with Crippen LogP contribution in [0.2, 0.25) is 0 Å². The summed E-state index contributed by atoms with van der Waals surface area (Å²) in [5.41, 5.74) is 2.13. The van der Waals surface area contributed by atoms with E-state index < -0.39 is 0 Å². The molecular weight excluding hydrogens is 499 g/mol. The molecule has 1 aromatic carbocycles. The number of methoxy groups -OCH3 is 1. The highest BCUT2D eigenvalue weighted by Gasteiger charge is 2.25. The summed E-state index contributed by atoms with van der Waals surface area (Å²) in [6.45, 7) is 2.02. The van der Waals surface area contributed by atoms with Crippen molar-refractivity contribution < 1.29 is 9.53 Å². The minimum atomic E-state index is -0.307. The second-order valence-corrected chi connectivity index (χ2v) is 11.6. The van der Waals surface area contributed by atoms with Gasteiger partial charge in [-0.25, -0.2) is 9.97 Å². The number of thioether (sulfide) groups is 1. The second-order valence-electron chi connectivity index (χ2n) is 8.52. The molecule has 3 aromatic heterocycles. The Labute approximate surface area is 216 Å². The number of aromatic nitrogens is 4. The average Bonchev–Trinajstić information content (AvgIpc) is 3.55. The van der Waals surface area contributed by atoms with Crippen molar-refractivity contribution >= 4 is 55.7 Å². The van der Waals surface area contributed by atoms with Gasteiger partial charge in [0.05, 0.1) is 17.7 Å². The number of anilines is 1. The average molecular weight is 526 g/mol. The van der Waals surface area contributed by atoms with Gasteiger partial charge < -0.3 is 4.74 Å². The van der Waals surface area contributed by atoms with Gasteiger partial charge in [-0.05, 0) is 37.0 Å². The quantitative estimate of drug-likeness (QED) is 0.200. The zero-order chi connectivity index (χ0) is 24.2. The van der Waals surface area contributed by atoms with Crippen LogP contribution in [0.5, 0.6) is 5.75 Å². The van der Waals surface area contributed by atoms with E-state index in [0.717, 1.165) is 50.0 Å². The highest BCUT2D eigenvalue weighted by molar-refractivity contribution is 8.00. The monoisotopic (exact) mass is 525 g/mol. The molecule has 4 aromatic rings. The van der Waals surface area contributed by atoms with Crippen LogP contribution in [-0.4, -0.2) is 38.4 Å². The fourth-order valence-corrected chi connectivity index (χ4v) is 7.29. The molecule has 10 heteroatoms. The molecule has 1 aliphatic carbocycles. The molecule has 0 aliphatic heterocycles. The fraction of sp³-hybridized carbons (Fsp3) is 0.400. The molecule has 1 unspecified atom stereocenters. The Morgan fingerprint density at radius 1 is 1.17 bits per heavy atom. The molecular formula is C25H27N5O2S3. The van der Waals surface area contributed by atoms with Gasteiger partial charge in [-0.2, -0.15) is 0 Å².